The molecule has 0 aliphatic carbocycles. The molecule has 1 aromatic rings. The molecule has 0 saturated heterocycles. The Morgan fingerprint density at radius 2 is 1.86 bits per heavy atom. The number of rotatable bonds is 8. The first-order valence-corrected chi connectivity index (χ1v) is 7.86. The minimum Gasteiger partial charge on any atom is -0.497 e. The van der Waals surface area contributed by atoms with Gasteiger partial charge in [-0.2, -0.15) is 0 Å². The predicted octanol–water partition coefficient (Wildman–Crippen LogP) is 4.01. The van der Waals surface area contributed by atoms with Gasteiger partial charge >= 0.3 is 0 Å². The molecule has 0 atom stereocenters. The van der Waals surface area contributed by atoms with Gasteiger partial charge in [0.1, 0.15) is 18.1 Å². The summed E-state index contributed by atoms with van der Waals surface area (Å²) in [5.74, 6) is 2.57. The fourth-order valence-corrected chi connectivity index (χ4v) is 2.10. The van der Waals surface area contributed by atoms with Gasteiger partial charge in [0.05, 0.1) is 7.11 Å². The first-order valence-electron chi connectivity index (χ1n) is 7.86. The van der Waals surface area contributed by atoms with E-state index in [1.807, 2.05) is 12.1 Å². The van der Waals surface area contributed by atoms with E-state index < -0.39 is 0 Å². The van der Waals surface area contributed by atoms with E-state index >= 15 is 0 Å². The van der Waals surface area contributed by atoms with Crippen LogP contribution in [0, 0.1) is 5.92 Å². The highest BCUT2D eigenvalue weighted by molar-refractivity contribution is 5.44. The molecule has 0 aliphatic heterocycles. The molecule has 0 amide bonds. The summed E-state index contributed by atoms with van der Waals surface area (Å²) in [6, 6.07) is 6.03. The SMILES string of the molecule is COc1ccc(OCCNCCC(C)C)c(C(C)(C)C)c1. The minimum absolute atomic E-state index is 0.0367. The van der Waals surface area contributed by atoms with Crippen LogP contribution >= 0.6 is 0 Å². The van der Waals surface area contributed by atoms with Crippen LogP contribution in [0.15, 0.2) is 18.2 Å². The maximum atomic E-state index is 5.95. The number of ether oxygens (including phenoxy) is 2. The van der Waals surface area contributed by atoms with Crippen molar-refractivity contribution < 1.29 is 9.47 Å². The second-order valence-corrected chi connectivity index (χ2v) is 6.89. The van der Waals surface area contributed by atoms with Crippen LogP contribution in [0.2, 0.25) is 0 Å². The molecule has 1 aromatic carbocycles. The lowest BCUT2D eigenvalue weighted by atomic mass is 9.86. The predicted molar refractivity (Wildman–Crippen MR) is 89.5 cm³/mol. The molecule has 0 bridgehead atoms. The topological polar surface area (TPSA) is 30.5 Å². The third-order valence-corrected chi connectivity index (χ3v) is 3.43. The highest BCUT2D eigenvalue weighted by Crippen LogP contribution is 2.34. The van der Waals surface area contributed by atoms with E-state index in [4.69, 9.17) is 9.47 Å². The van der Waals surface area contributed by atoms with Crippen molar-refractivity contribution in [3.8, 4) is 11.5 Å². The number of hydrogen-bond donors (Lipinski definition) is 1. The summed E-state index contributed by atoms with van der Waals surface area (Å²) in [7, 11) is 1.70. The van der Waals surface area contributed by atoms with Gasteiger partial charge in [0.2, 0.25) is 0 Å². The Morgan fingerprint density at radius 3 is 2.43 bits per heavy atom. The van der Waals surface area contributed by atoms with Gasteiger partial charge in [-0.15, -0.1) is 0 Å². The Morgan fingerprint density at radius 1 is 1.14 bits per heavy atom. The third kappa shape index (κ3) is 6.38. The molecule has 0 aromatic heterocycles. The lowest BCUT2D eigenvalue weighted by molar-refractivity contribution is 0.303. The van der Waals surface area contributed by atoms with E-state index in [1.54, 1.807) is 7.11 Å². The number of hydrogen-bond acceptors (Lipinski definition) is 3. The first kappa shape index (κ1) is 17.8. The summed E-state index contributed by atoms with van der Waals surface area (Å²) >= 11 is 0. The van der Waals surface area contributed by atoms with Crippen LogP contribution < -0.4 is 14.8 Å². The molecule has 3 heteroatoms. The van der Waals surface area contributed by atoms with Gasteiger partial charge in [0, 0.05) is 12.1 Å². The smallest absolute Gasteiger partial charge is 0.123 e. The average Bonchev–Trinajstić information content (AvgIpc) is 2.41. The zero-order chi connectivity index (χ0) is 15.9. The lowest BCUT2D eigenvalue weighted by Gasteiger charge is -2.23. The van der Waals surface area contributed by atoms with Crippen molar-refractivity contribution in [2.45, 2.75) is 46.5 Å². The second-order valence-electron chi connectivity index (χ2n) is 6.89. The molecule has 0 radical (unpaired) electrons. The monoisotopic (exact) mass is 293 g/mol. The average molecular weight is 293 g/mol. The Kier molecular flexibility index (Phi) is 7.03. The molecule has 3 nitrogen and oxygen atoms in total. The van der Waals surface area contributed by atoms with Gasteiger partial charge in [-0.05, 0) is 42.5 Å². The molecule has 0 unspecified atom stereocenters. The van der Waals surface area contributed by atoms with Crippen LogP contribution in [0.4, 0.5) is 0 Å². The van der Waals surface area contributed by atoms with Gasteiger partial charge in [-0.25, -0.2) is 0 Å². The molecule has 0 heterocycles. The summed E-state index contributed by atoms with van der Waals surface area (Å²) in [5, 5.41) is 3.42. The van der Waals surface area contributed by atoms with Crippen molar-refractivity contribution in [2.24, 2.45) is 5.92 Å². The molecular weight excluding hydrogens is 262 g/mol. The van der Waals surface area contributed by atoms with Crippen LogP contribution in [0.5, 0.6) is 11.5 Å². The van der Waals surface area contributed by atoms with Crippen molar-refractivity contribution in [1.29, 1.82) is 0 Å². The van der Waals surface area contributed by atoms with Crippen LogP contribution in [0.1, 0.15) is 46.6 Å². The van der Waals surface area contributed by atoms with Crippen LogP contribution in [-0.4, -0.2) is 26.8 Å². The molecular formula is C18H31NO2. The van der Waals surface area contributed by atoms with E-state index in [0.717, 1.165) is 30.5 Å². The van der Waals surface area contributed by atoms with Crippen LogP contribution in [0.3, 0.4) is 0 Å². The van der Waals surface area contributed by atoms with Gasteiger partial charge in [0.15, 0.2) is 0 Å². The Bertz CT molecular complexity index is 422. The minimum atomic E-state index is 0.0367. The van der Waals surface area contributed by atoms with E-state index in [-0.39, 0.29) is 5.41 Å². The van der Waals surface area contributed by atoms with Crippen LogP contribution in [0.25, 0.3) is 0 Å². The first-order chi connectivity index (χ1) is 9.84. The quantitative estimate of drug-likeness (QED) is 0.735. The number of nitrogens with one attached hydrogen (secondary N) is 1. The molecule has 0 spiro atoms. The van der Waals surface area contributed by atoms with Gasteiger partial charge in [-0.3, -0.25) is 0 Å². The van der Waals surface area contributed by atoms with E-state index in [2.05, 4.69) is 46.0 Å². The Labute approximate surface area is 130 Å². The molecule has 120 valence electrons. The highest BCUT2D eigenvalue weighted by Gasteiger charge is 2.19. The third-order valence-electron chi connectivity index (χ3n) is 3.43. The van der Waals surface area contributed by atoms with Gasteiger partial charge < -0.3 is 14.8 Å². The number of methoxy groups -OCH3 is 1. The highest BCUT2D eigenvalue weighted by atomic mass is 16.5. The van der Waals surface area contributed by atoms with Crippen molar-refractivity contribution in [2.75, 3.05) is 26.8 Å². The summed E-state index contributed by atoms with van der Waals surface area (Å²) in [4.78, 5) is 0. The molecule has 0 fully saturated rings. The lowest BCUT2D eigenvalue weighted by Crippen LogP contribution is -2.23. The van der Waals surface area contributed by atoms with E-state index in [1.165, 1.54) is 12.0 Å². The fourth-order valence-electron chi connectivity index (χ4n) is 2.10. The zero-order valence-corrected chi connectivity index (χ0v) is 14.5. The van der Waals surface area contributed by atoms with Crippen molar-refractivity contribution >= 4 is 0 Å². The largest absolute Gasteiger partial charge is 0.497 e. The summed E-state index contributed by atoms with van der Waals surface area (Å²) < 4.78 is 11.3. The Balaban J connectivity index is 2.54. The molecule has 21 heavy (non-hydrogen) atoms. The van der Waals surface area contributed by atoms with Crippen LogP contribution in [-0.2, 0) is 5.41 Å². The van der Waals surface area contributed by atoms with Crippen molar-refractivity contribution in [1.82, 2.24) is 5.32 Å². The maximum Gasteiger partial charge on any atom is 0.123 e. The molecule has 1 rings (SSSR count). The summed E-state index contributed by atoms with van der Waals surface area (Å²) in [5.41, 5.74) is 1.22. The van der Waals surface area contributed by atoms with Gasteiger partial charge in [-0.1, -0.05) is 34.6 Å². The standard InChI is InChI=1S/C18H31NO2/c1-14(2)9-10-19-11-12-21-17-8-7-15(20-6)13-16(17)18(3,4)5/h7-8,13-14,19H,9-12H2,1-6H3. The Hall–Kier alpha value is -1.22. The molecule has 0 aliphatic rings. The summed E-state index contributed by atoms with van der Waals surface area (Å²) in [6.45, 7) is 13.7. The summed E-state index contributed by atoms with van der Waals surface area (Å²) in [6.07, 6.45) is 1.20. The van der Waals surface area contributed by atoms with Crippen molar-refractivity contribution in [3.63, 3.8) is 0 Å². The normalized spacial score (nSPS) is 11.8. The van der Waals surface area contributed by atoms with E-state index in [0.29, 0.717) is 6.61 Å². The fraction of sp³-hybridized carbons (Fsp3) is 0.667. The second kappa shape index (κ2) is 8.28. The number of benzene rings is 1. The molecule has 0 saturated carbocycles. The maximum absolute atomic E-state index is 5.95. The zero-order valence-electron chi connectivity index (χ0n) is 14.5. The van der Waals surface area contributed by atoms with Gasteiger partial charge in [0.25, 0.3) is 0 Å². The van der Waals surface area contributed by atoms with Crippen molar-refractivity contribution in [3.05, 3.63) is 23.8 Å². The molecule has 1 N–H and O–H groups in total. The van der Waals surface area contributed by atoms with E-state index in [9.17, 15) is 0 Å².